The summed E-state index contributed by atoms with van der Waals surface area (Å²) in [7, 11) is 1.69. The number of nitrogens with zero attached hydrogens (tertiary/aromatic N) is 1. The fourth-order valence-electron chi connectivity index (χ4n) is 2.72. The number of rotatable bonds is 7. The van der Waals surface area contributed by atoms with Crippen molar-refractivity contribution in [1.82, 2.24) is 5.32 Å². The van der Waals surface area contributed by atoms with Gasteiger partial charge in [0, 0.05) is 39.0 Å². The smallest absolute Gasteiger partial charge is 0.0839 e. The lowest BCUT2D eigenvalue weighted by Gasteiger charge is -2.27. The molecular formula is C16H26N2O2. The molecule has 1 unspecified atom stereocenters. The van der Waals surface area contributed by atoms with E-state index in [0.29, 0.717) is 19.7 Å². The van der Waals surface area contributed by atoms with Gasteiger partial charge in [-0.05, 0) is 30.9 Å². The third-order valence-corrected chi connectivity index (χ3v) is 3.75. The summed E-state index contributed by atoms with van der Waals surface area (Å²) < 4.78 is 4.98. The monoisotopic (exact) mass is 278 g/mol. The van der Waals surface area contributed by atoms with Crippen LogP contribution in [0, 0.1) is 0 Å². The number of aryl methyl sites for hydroxylation is 1. The number of methoxy groups -OCH3 is 1. The molecule has 0 spiro atoms. The van der Waals surface area contributed by atoms with Crippen molar-refractivity contribution < 1.29 is 9.84 Å². The zero-order chi connectivity index (χ0) is 14.2. The molecule has 1 atom stereocenters. The number of nitrogens with one attached hydrogen (secondary N) is 1. The van der Waals surface area contributed by atoms with Crippen LogP contribution < -0.4 is 10.2 Å². The summed E-state index contributed by atoms with van der Waals surface area (Å²) in [5.41, 5.74) is 2.70. The molecule has 20 heavy (non-hydrogen) atoms. The van der Waals surface area contributed by atoms with Gasteiger partial charge < -0.3 is 20.1 Å². The van der Waals surface area contributed by atoms with Crippen molar-refractivity contribution in [2.24, 2.45) is 0 Å². The summed E-state index contributed by atoms with van der Waals surface area (Å²) in [4.78, 5) is 2.32. The number of anilines is 1. The number of fused-ring (bicyclic) bond motifs is 1. The Labute approximate surface area is 121 Å². The normalized spacial score (nSPS) is 16.6. The number of aliphatic hydroxyl groups excluding tert-OH is 1. The van der Waals surface area contributed by atoms with Crippen molar-refractivity contribution >= 4 is 5.69 Å². The van der Waals surface area contributed by atoms with Crippen LogP contribution in [0.1, 0.15) is 18.4 Å². The predicted octanol–water partition coefficient (Wildman–Crippen LogP) is 1.43. The fourth-order valence-corrected chi connectivity index (χ4v) is 2.72. The first kappa shape index (κ1) is 15.3. The van der Waals surface area contributed by atoms with Gasteiger partial charge in [-0.3, -0.25) is 0 Å². The minimum Gasteiger partial charge on any atom is -0.390 e. The molecule has 0 fully saturated rings. The number of β-amino-alcohol motifs (C(OH)–C–C–N with tert-alkyl or cyclic N) is 1. The summed E-state index contributed by atoms with van der Waals surface area (Å²) in [5, 5.41) is 13.4. The largest absolute Gasteiger partial charge is 0.390 e. The second-order valence-corrected chi connectivity index (χ2v) is 5.38. The molecule has 2 N–H and O–H groups in total. The first-order chi connectivity index (χ1) is 9.81. The van der Waals surface area contributed by atoms with E-state index < -0.39 is 0 Å². The number of hydrogen-bond donors (Lipinski definition) is 2. The van der Waals surface area contributed by atoms with E-state index in [1.54, 1.807) is 7.11 Å². The van der Waals surface area contributed by atoms with Gasteiger partial charge in [0.1, 0.15) is 0 Å². The zero-order valence-electron chi connectivity index (χ0n) is 12.3. The highest BCUT2D eigenvalue weighted by Gasteiger charge is 2.17. The van der Waals surface area contributed by atoms with Gasteiger partial charge in [0.2, 0.25) is 0 Å². The van der Waals surface area contributed by atoms with Gasteiger partial charge in [-0.2, -0.15) is 0 Å². The van der Waals surface area contributed by atoms with Gasteiger partial charge in [0.25, 0.3) is 0 Å². The van der Waals surface area contributed by atoms with Gasteiger partial charge in [-0.25, -0.2) is 0 Å². The highest BCUT2D eigenvalue weighted by atomic mass is 16.5. The minimum atomic E-state index is -0.349. The third-order valence-electron chi connectivity index (χ3n) is 3.75. The molecule has 0 saturated heterocycles. The van der Waals surface area contributed by atoms with E-state index in [0.717, 1.165) is 19.5 Å². The second-order valence-electron chi connectivity index (χ2n) is 5.38. The summed E-state index contributed by atoms with van der Waals surface area (Å²) in [6, 6.07) is 8.56. The van der Waals surface area contributed by atoms with E-state index in [1.807, 2.05) is 0 Å². The first-order valence-corrected chi connectivity index (χ1v) is 7.52. The molecule has 0 aliphatic carbocycles. The Bertz CT molecular complexity index is 398. The number of aliphatic hydroxyl groups is 1. The van der Waals surface area contributed by atoms with Crippen molar-refractivity contribution in [3.8, 4) is 0 Å². The maximum atomic E-state index is 10.2. The average molecular weight is 278 g/mol. The van der Waals surface area contributed by atoms with Crippen molar-refractivity contribution in [1.29, 1.82) is 0 Å². The quantitative estimate of drug-likeness (QED) is 0.741. The van der Waals surface area contributed by atoms with Gasteiger partial charge in [0.05, 0.1) is 12.7 Å². The molecule has 4 heteroatoms. The Morgan fingerprint density at radius 1 is 1.35 bits per heavy atom. The summed E-state index contributed by atoms with van der Waals surface area (Å²) >= 11 is 0. The van der Waals surface area contributed by atoms with E-state index in [2.05, 4.69) is 34.5 Å². The number of hydrogen-bond acceptors (Lipinski definition) is 4. The maximum Gasteiger partial charge on any atom is 0.0839 e. The molecule has 112 valence electrons. The maximum absolute atomic E-state index is 10.2. The third kappa shape index (κ3) is 4.47. The fraction of sp³-hybridized carbons (Fsp3) is 0.625. The molecule has 1 aromatic rings. The molecular weight excluding hydrogens is 252 g/mol. The molecule has 1 aliphatic heterocycles. The van der Waals surface area contributed by atoms with E-state index in [1.165, 1.54) is 24.1 Å². The highest BCUT2D eigenvalue weighted by molar-refractivity contribution is 5.54. The molecule has 1 aliphatic rings. The Hall–Kier alpha value is -1.10. The average Bonchev–Trinajstić information content (AvgIpc) is 2.67. The van der Waals surface area contributed by atoms with Crippen LogP contribution >= 0.6 is 0 Å². The lowest BCUT2D eigenvalue weighted by molar-refractivity contribution is 0.163. The van der Waals surface area contributed by atoms with Crippen molar-refractivity contribution in [3.63, 3.8) is 0 Å². The van der Waals surface area contributed by atoms with Crippen LogP contribution in [-0.2, 0) is 11.2 Å². The number of para-hydroxylation sites is 1. The molecule has 1 aromatic carbocycles. The summed E-state index contributed by atoms with van der Waals surface area (Å²) in [6.07, 6.45) is 3.22. The lowest BCUT2D eigenvalue weighted by Crippen LogP contribution is -2.39. The van der Waals surface area contributed by atoms with E-state index in [9.17, 15) is 5.11 Å². The molecule has 0 bridgehead atoms. The Morgan fingerprint density at radius 3 is 3.05 bits per heavy atom. The highest BCUT2D eigenvalue weighted by Crippen LogP contribution is 2.25. The molecule has 2 rings (SSSR count). The number of ether oxygens (including phenoxy) is 1. The SMILES string of the molecule is COCCNCC(O)CN1CCCCc2ccccc21. The van der Waals surface area contributed by atoms with Crippen LogP contribution in [0.15, 0.2) is 24.3 Å². The minimum absolute atomic E-state index is 0.349. The Balaban J connectivity index is 1.88. The number of benzene rings is 1. The lowest BCUT2D eigenvalue weighted by atomic mass is 10.1. The van der Waals surface area contributed by atoms with Gasteiger partial charge in [-0.15, -0.1) is 0 Å². The van der Waals surface area contributed by atoms with Crippen LogP contribution in [0.3, 0.4) is 0 Å². The Kier molecular flexibility index (Phi) is 6.30. The first-order valence-electron chi connectivity index (χ1n) is 7.52. The van der Waals surface area contributed by atoms with Crippen LogP contribution in [0.5, 0.6) is 0 Å². The van der Waals surface area contributed by atoms with Crippen LogP contribution in [0.4, 0.5) is 5.69 Å². The topological polar surface area (TPSA) is 44.7 Å². The van der Waals surface area contributed by atoms with Crippen molar-refractivity contribution in [2.75, 3.05) is 44.8 Å². The molecule has 0 amide bonds. The molecule has 0 saturated carbocycles. The Morgan fingerprint density at radius 2 is 2.20 bits per heavy atom. The molecule has 1 heterocycles. The van der Waals surface area contributed by atoms with Gasteiger partial charge in [-0.1, -0.05) is 18.2 Å². The molecule has 0 radical (unpaired) electrons. The van der Waals surface area contributed by atoms with Crippen molar-refractivity contribution in [2.45, 2.75) is 25.4 Å². The summed E-state index contributed by atoms with van der Waals surface area (Å²) in [5.74, 6) is 0. The standard InChI is InChI=1S/C16H26N2O2/c1-20-11-9-17-12-15(19)13-18-10-5-4-7-14-6-2-3-8-16(14)18/h2-3,6,8,15,17,19H,4-5,7,9-13H2,1H3. The molecule has 0 aromatic heterocycles. The predicted molar refractivity (Wildman–Crippen MR) is 82.3 cm³/mol. The van der Waals surface area contributed by atoms with Crippen LogP contribution in [0.25, 0.3) is 0 Å². The summed E-state index contributed by atoms with van der Waals surface area (Å²) in [6.45, 7) is 3.80. The van der Waals surface area contributed by atoms with Crippen LogP contribution in [-0.4, -0.2) is 51.1 Å². The van der Waals surface area contributed by atoms with Crippen LogP contribution in [0.2, 0.25) is 0 Å². The zero-order valence-corrected chi connectivity index (χ0v) is 12.3. The van der Waals surface area contributed by atoms with Crippen molar-refractivity contribution in [3.05, 3.63) is 29.8 Å². The van der Waals surface area contributed by atoms with E-state index in [-0.39, 0.29) is 6.10 Å². The van der Waals surface area contributed by atoms with Gasteiger partial charge in [0.15, 0.2) is 0 Å². The van der Waals surface area contributed by atoms with E-state index in [4.69, 9.17) is 4.74 Å². The van der Waals surface area contributed by atoms with Gasteiger partial charge >= 0.3 is 0 Å². The van der Waals surface area contributed by atoms with E-state index >= 15 is 0 Å². The second kappa shape index (κ2) is 8.25. The molecule has 4 nitrogen and oxygen atoms in total.